The molecule has 0 fully saturated rings. The van der Waals surface area contributed by atoms with E-state index in [1.165, 1.54) is 11.3 Å². The molecule has 7 heteroatoms. The third-order valence-corrected chi connectivity index (χ3v) is 4.64. The van der Waals surface area contributed by atoms with Crippen molar-refractivity contribution in [1.82, 2.24) is 0 Å². The standard InChI is InChI=1S/C14H12ClN3O2S/c15-8-3-4-21-14(8)13(16)7-1-2-9-10(5-7)18-12(20)6-11(19)17-9/h1-5,13H,6,16H2,(H,17,19)(H,18,20). The minimum atomic E-state index is -0.376. The number of anilines is 2. The van der Waals surface area contributed by atoms with Crippen LogP contribution in [0.15, 0.2) is 29.6 Å². The van der Waals surface area contributed by atoms with Crippen LogP contribution in [0.25, 0.3) is 0 Å². The van der Waals surface area contributed by atoms with Gasteiger partial charge in [0.2, 0.25) is 11.8 Å². The summed E-state index contributed by atoms with van der Waals surface area (Å²) >= 11 is 7.58. The molecule has 4 N–H and O–H groups in total. The van der Waals surface area contributed by atoms with E-state index in [0.717, 1.165) is 10.4 Å². The number of hydrogen-bond donors (Lipinski definition) is 3. The Balaban J connectivity index is 1.98. The number of carbonyl (C=O) groups excluding carboxylic acids is 2. The first kappa shape index (κ1) is 14.1. The van der Waals surface area contributed by atoms with E-state index >= 15 is 0 Å². The van der Waals surface area contributed by atoms with Crippen LogP contribution >= 0.6 is 22.9 Å². The Labute approximate surface area is 130 Å². The van der Waals surface area contributed by atoms with Gasteiger partial charge in [-0.05, 0) is 29.1 Å². The van der Waals surface area contributed by atoms with Crippen LogP contribution in [0.5, 0.6) is 0 Å². The first-order valence-corrected chi connectivity index (χ1v) is 7.52. The molecule has 2 amide bonds. The minimum absolute atomic E-state index is 0.188. The van der Waals surface area contributed by atoms with E-state index in [0.29, 0.717) is 16.4 Å². The predicted molar refractivity (Wildman–Crippen MR) is 83.7 cm³/mol. The molecule has 2 aromatic rings. The molecular weight excluding hydrogens is 310 g/mol. The molecule has 1 aliphatic heterocycles. The highest BCUT2D eigenvalue weighted by atomic mass is 35.5. The fraction of sp³-hybridized carbons (Fsp3) is 0.143. The van der Waals surface area contributed by atoms with E-state index in [1.54, 1.807) is 18.2 Å². The molecule has 0 aliphatic carbocycles. The molecule has 2 heterocycles. The van der Waals surface area contributed by atoms with Gasteiger partial charge >= 0.3 is 0 Å². The van der Waals surface area contributed by atoms with E-state index in [-0.39, 0.29) is 24.3 Å². The average Bonchev–Trinajstić information content (AvgIpc) is 2.79. The molecule has 5 nitrogen and oxygen atoms in total. The highest BCUT2D eigenvalue weighted by Crippen LogP contribution is 2.34. The third kappa shape index (κ3) is 2.78. The van der Waals surface area contributed by atoms with Gasteiger partial charge in [-0.1, -0.05) is 17.7 Å². The first-order chi connectivity index (χ1) is 10.0. The Morgan fingerprint density at radius 1 is 1.14 bits per heavy atom. The number of nitrogens with one attached hydrogen (secondary N) is 2. The van der Waals surface area contributed by atoms with E-state index in [9.17, 15) is 9.59 Å². The van der Waals surface area contributed by atoms with Crippen molar-refractivity contribution >= 4 is 46.1 Å². The van der Waals surface area contributed by atoms with E-state index in [1.807, 2.05) is 11.4 Å². The molecule has 0 saturated heterocycles. The Bertz CT molecular complexity index is 729. The van der Waals surface area contributed by atoms with Crippen LogP contribution in [0.2, 0.25) is 5.02 Å². The van der Waals surface area contributed by atoms with Gasteiger partial charge in [0, 0.05) is 4.88 Å². The molecule has 0 radical (unpaired) electrons. The van der Waals surface area contributed by atoms with Crippen molar-refractivity contribution in [2.45, 2.75) is 12.5 Å². The molecule has 0 saturated carbocycles. The van der Waals surface area contributed by atoms with Crippen molar-refractivity contribution in [3.05, 3.63) is 45.1 Å². The smallest absolute Gasteiger partial charge is 0.233 e. The van der Waals surface area contributed by atoms with E-state index in [4.69, 9.17) is 17.3 Å². The molecular formula is C14H12ClN3O2S. The second kappa shape index (κ2) is 5.48. The molecule has 1 aliphatic rings. The molecule has 3 rings (SSSR count). The van der Waals surface area contributed by atoms with Crippen LogP contribution in [-0.2, 0) is 9.59 Å². The maximum Gasteiger partial charge on any atom is 0.233 e. The van der Waals surface area contributed by atoms with Gasteiger partial charge in [0.25, 0.3) is 0 Å². The summed E-state index contributed by atoms with van der Waals surface area (Å²) in [5, 5.41) is 7.88. The zero-order valence-electron chi connectivity index (χ0n) is 10.9. The zero-order chi connectivity index (χ0) is 15.0. The predicted octanol–water partition coefficient (Wildman–Crippen LogP) is 2.73. The van der Waals surface area contributed by atoms with Crippen LogP contribution < -0.4 is 16.4 Å². The van der Waals surface area contributed by atoms with Crippen LogP contribution in [0.1, 0.15) is 22.9 Å². The summed E-state index contributed by atoms with van der Waals surface area (Å²) in [5.41, 5.74) is 8.15. The van der Waals surface area contributed by atoms with Gasteiger partial charge in [-0.25, -0.2) is 0 Å². The Morgan fingerprint density at radius 2 is 1.86 bits per heavy atom. The second-order valence-corrected chi connectivity index (χ2v) is 6.04. The lowest BCUT2D eigenvalue weighted by Crippen LogP contribution is -2.16. The Morgan fingerprint density at radius 3 is 2.52 bits per heavy atom. The Kier molecular flexibility index (Phi) is 3.67. The van der Waals surface area contributed by atoms with Crippen LogP contribution in [0.3, 0.4) is 0 Å². The van der Waals surface area contributed by atoms with E-state index < -0.39 is 0 Å². The first-order valence-electron chi connectivity index (χ1n) is 6.26. The molecule has 1 aromatic carbocycles. The van der Waals surface area contributed by atoms with Crippen molar-refractivity contribution in [1.29, 1.82) is 0 Å². The highest BCUT2D eigenvalue weighted by Gasteiger charge is 2.20. The summed E-state index contributed by atoms with van der Waals surface area (Å²) in [6.07, 6.45) is -0.188. The van der Waals surface area contributed by atoms with Crippen LogP contribution in [0, 0.1) is 0 Å². The number of halogens is 1. The highest BCUT2D eigenvalue weighted by molar-refractivity contribution is 7.10. The third-order valence-electron chi connectivity index (χ3n) is 3.20. The number of hydrogen-bond acceptors (Lipinski definition) is 4. The maximum absolute atomic E-state index is 11.6. The van der Waals surface area contributed by atoms with Crippen molar-refractivity contribution in [2.75, 3.05) is 10.6 Å². The SMILES string of the molecule is NC(c1ccc2c(c1)NC(=O)CC(=O)N2)c1sccc1Cl. The summed E-state index contributed by atoms with van der Waals surface area (Å²) in [5.74, 6) is -0.671. The quantitative estimate of drug-likeness (QED) is 0.744. The molecule has 108 valence electrons. The summed E-state index contributed by atoms with van der Waals surface area (Å²) in [7, 11) is 0. The molecule has 0 bridgehead atoms. The van der Waals surface area contributed by atoms with Crippen molar-refractivity contribution in [3.63, 3.8) is 0 Å². The van der Waals surface area contributed by atoms with Gasteiger partial charge in [0.05, 0.1) is 22.4 Å². The summed E-state index contributed by atoms with van der Waals surface area (Å²) in [6.45, 7) is 0. The fourth-order valence-electron chi connectivity index (χ4n) is 2.18. The van der Waals surface area contributed by atoms with Gasteiger partial charge in [-0.3, -0.25) is 9.59 Å². The van der Waals surface area contributed by atoms with Crippen molar-refractivity contribution < 1.29 is 9.59 Å². The molecule has 1 atom stereocenters. The number of amides is 2. The lowest BCUT2D eigenvalue weighted by molar-refractivity contribution is -0.123. The Hall–Kier alpha value is -1.89. The number of carbonyl (C=O) groups is 2. The van der Waals surface area contributed by atoms with Gasteiger partial charge in [-0.2, -0.15) is 0 Å². The monoisotopic (exact) mass is 321 g/mol. The number of rotatable bonds is 2. The molecule has 21 heavy (non-hydrogen) atoms. The summed E-state index contributed by atoms with van der Waals surface area (Å²) in [4.78, 5) is 24.0. The van der Waals surface area contributed by atoms with Crippen LogP contribution in [0.4, 0.5) is 11.4 Å². The number of benzene rings is 1. The normalized spacial score (nSPS) is 15.7. The summed E-state index contributed by atoms with van der Waals surface area (Å²) < 4.78 is 0. The lowest BCUT2D eigenvalue weighted by Gasteiger charge is -2.14. The van der Waals surface area contributed by atoms with Gasteiger partial charge in [0.1, 0.15) is 6.42 Å². The maximum atomic E-state index is 11.6. The van der Waals surface area contributed by atoms with Gasteiger partial charge in [-0.15, -0.1) is 11.3 Å². The van der Waals surface area contributed by atoms with Crippen LogP contribution in [-0.4, -0.2) is 11.8 Å². The van der Waals surface area contributed by atoms with Gasteiger partial charge in [0.15, 0.2) is 0 Å². The summed E-state index contributed by atoms with van der Waals surface area (Å²) in [6, 6.07) is 6.73. The molecule has 1 unspecified atom stereocenters. The van der Waals surface area contributed by atoms with Crippen molar-refractivity contribution in [3.8, 4) is 0 Å². The number of nitrogens with two attached hydrogens (primary N) is 1. The largest absolute Gasteiger partial charge is 0.324 e. The fourth-order valence-corrected chi connectivity index (χ4v) is 3.38. The second-order valence-electron chi connectivity index (χ2n) is 4.69. The van der Waals surface area contributed by atoms with E-state index in [2.05, 4.69) is 10.6 Å². The molecule has 0 spiro atoms. The van der Waals surface area contributed by atoms with Gasteiger partial charge < -0.3 is 16.4 Å². The van der Waals surface area contributed by atoms with Crippen molar-refractivity contribution in [2.24, 2.45) is 5.73 Å². The average molecular weight is 322 g/mol. The lowest BCUT2D eigenvalue weighted by atomic mass is 10.0. The number of thiophene rings is 1. The number of fused-ring (bicyclic) bond motifs is 1. The zero-order valence-corrected chi connectivity index (χ0v) is 12.4. The molecule has 1 aromatic heterocycles. The topological polar surface area (TPSA) is 84.2 Å². The minimum Gasteiger partial charge on any atom is -0.324 e.